The lowest BCUT2D eigenvalue weighted by molar-refractivity contribution is 0.287. The first kappa shape index (κ1) is 19.6. The summed E-state index contributed by atoms with van der Waals surface area (Å²) in [4.78, 5) is 11.3. The van der Waals surface area contributed by atoms with Crippen molar-refractivity contribution < 1.29 is 0 Å². The van der Waals surface area contributed by atoms with Gasteiger partial charge in [-0.1, -0.05) is 19.9 Å². The summed E-state index contributed by atoms with van der Waals surface area (Å²) in [7, 11) is 0. The maximum Gasteiger partial charge on any atom is 0.170 e. The number of hydrogen-bond acceptors (Lipinski definition) is 3. The summed E-state index contributed by atoms with van der Waals surface area (Å²) in [6.07, 6.45) is 5.56. The van der Waals surface area contributed by atoms with Crippen LogP contribution in [0, 0.1) is 19.8 Å². The summed E-state index contributed by atoms with van der Waals surface area (Å²) in [5.74, 6) is 0.501. The van der Waals surface area contributed by atoms with Gasteiger partial charge < -0.3 is 14.8 Å². The molecule has 2 atom stereocenters. The van der Waals surface area contributed by atoms with Crippen molar-refractivity contribution in [3.05, 3.63) is 77.6 Å². The van der Waals surface area contributed by atoms with Gasteiger partial charge in [0.15, 0.2) is 5.11 Å². The minimum absolute atomic E-state index is 0.0188. The van der Waals surface area contributed by atoms with Crippen molar-refractivity contribution in [1.82, 2.24) is 24.8 Å². The Balaban J connectivity index is 1.83. The quantitative estimate of drug-likeness (QED) is 0.633. The molecule has 0 unspecified atom stereocenters. The van der Waals surface area contributed by atoms with Crippen LogP contribution in [0.5, 0.6) is 0 Å². The topological polar surface area (TPSA) is 46.0 Å². The zero-order chi connectivity index (χ0) is 20.5. The van der Waals surface area contributed by atoms with Gasteiger partial charge in [0, 0.05) is 30.3 Å². The van der Waals surface area contributed by atoms with Gasteiger partial charge in [-0.3, -0.25) is 9.97 Å². The van der Waals surface area contributed by atoms with E-state index in [9.17, 15) is 0 Å². The summed E-state index contributed by atoms with van der Waals surface area (Å²) in [5.41, 5.74) is 5.76. The molecule has 0 bridgehead atoms. The summed E-state index contributed by atoms with van der Waals surface area (Å²) in [6.45, 7) is 9.68. The van der Waals surface area contributed by atoms with Gasteiger partial charge in [-0.05, 0) is 67.9 Å². The first-order valence-electron chi connectivity index (χ1n) is 10.0. The maximum atomic E-state index is 5.76. The molecule has 3 aromatic rings. The molecule has 29 heavy (non-hydrogen) atoms. The van der Waals surface area contributed by atoms with Crippen LogP contribution in [0.3, 0.4) is 0 Å². The lowest BCUT2D eigenvalue weighted by Crippen LogP contribution is -2.33. The van der Waals surface area contributed by atoms with Crippen LogP contribution in [-0.2, 0) is 0 Å². The highest BCUT2D eigenvalue weighted by Crippen LogP contribution is 2.41. The molecule has 0 aromatic carbocycles. The standard InChI is InChI=1S/C23H27N5S/c1-15(2)14-27-22(21(26-23(27)29)20-9-5-6-11-25-20)19-12-16(3)28(17(19)4)18-8-7-10-24-13-18/h5-13,15,21-22H,14H2,1-4H3,(H,26,29)/t21-,22+/m1/s1. The van der Waals surface area contributed by atoms with E-state index in [0.29, 0.717) is 5.92 Å². The van der Waals surface area contributed by atoms with Gasteiger partial charge in [0.1, 0.15) is 0 Å². The van der Waals surface area contributed by atoms with Crippen LogP contribution in [0.2, 0.25) is 0 Å². The number of aryl methyl sites for hydroxylation is 1. The van der Waals surface area contributed by atoms with Crippen molar-refractivity contribution in [2.45, 2.75) is 39.8 Å². The molecule has 4 rings (SSSR count). The van der Waals surface area contributed by atoms with Crippen LogP contribution in [0.4, 0.5) is 0 Å². The van der Waals surface area contributed by atoms with Crippen molar-refractivity contribution in [3.63, 3.8) is 0 Å². The fourth-order valence-electron chi connectivity index (χ4n) is 4.30. The molecule has 1 fully saturated rings. The SMILES string of the molecule is Cc1cc([C@H]2[C@@H](c3ccccn3)NC(=S)N2CC(C)C)c(C)n1-c1cccnc1. The Morgan fingerprint density at radius 3 is 2.62 bits per heavy atom. The number of rotatable bonds is 5. The summed E-state index contributed by atoms with van der Waals surface area (Å²) >= 11 is 5.76. The Hall–Kier alpha value is -2.73. The zero-order valence-corrected chi connectivity index (χ0v) is 18.1. The van der Waals surface area contributed by atoms with Crippen LogP contribution < -0.4 is 5.32 Å². The van der Waals surface area contributed by atoms with Crippen LogP contribution in [-0.4, -0.2) is 31.1 Å². The minimum atomic E-state index is 0.0188. The van der Waals surface area contributed by atoms with Crippen LogP contribution >= 0.6 is 12.2 Å². The molecule has 4 heterocycles. The van der Waals surface area contributed by atoms with E-state index in [2.05, 4.69) is 70.6 Å². The monoisotopic (exact) mass is 405 g/mol. The fourth-order valence-corrected chi connectivity index (χ4v) is 4.62. The van der Waals surface area contributed by atoms with E-state index < -0.39 is 0 Å². The van der Waals surface area contributed by atoms with Gasteiger partial charge in [0.25, 0.3) is 0 Å². The number of aromatic nitrogens is 3. The van der Waals surface area contributed by atoms with E-state index in [-0.39, 0.29) is 12.1 Å². The molecule has 3 aromatic heterocycles. The lowest BCUT2D eigenvalue weighted by Gasteiger charge is -2.29. The van der Waals surface area contributed by atoms with Crippen molar-refractivity contribution in [1.29, 1.82) is 0 Å². The number of nitrogens with one attached hydrogen (secondary N) is 1. The third-order valence-corrected chi connectivity index (χ3v) is 5.81. The first-order chi connectivity index (χ1) is 14.0. The third kappa shape index (κ3) is 3.65. The molecule has 0 spiro atoms. The molecule has 6 heteroatoms. The smallest absolute Gasteiger partial charge is 0.170 e. The van der Waals surface area contributed by atoms with E-state index >= 15 is 0 Å². The van der Waals surface area contributed by atoms with E-state index in [0.717, 1.165) is 23.0 Å². The van der Waals surface area contributed by atoms with Crippen molar-refractivity contribution >= 4 is 17.3 Å². The second-order valence-corrected chi connectivity index (χ2v) is 8.43. The van der Waals surface area contributed by atoms with Gasteiger partial charge in [-0.2, -0.15) is 0 Å². The Kier molecular flexibility index (Phi) is 5.37. The predicted molar refractivity (Wildman–Crippen MR) is 120 cm³/mol. The molecular formula is C23H27N5S. The van der Waals surface area contributed by atoms with Crippen LogP contribution in [0.1, 0.15) is 48.6 Å². The summed E-state index contributed by atoms with van der Waals surface area (Å²) in [5, 5.41) is 4.34. The average Bonchev–Trinajstić information content (AvgIpc) is 3.18. The molecule has 1 aliphatic heterocycles. The molecule has 0 radical (unpaired) electrons. The average molecular weight is 406 g/mol. The first-order valence-corrected chi connectivity index (χ1v) is 10.5. The van der Waals surface area contributed by atoms with Crippen LogP contribution in [0.25, 0.3) is 5.69 Å². The van der Waals surface area contributed by atoms with E-state index in [4.69, 9.17) is 12.2 Å². The Labute approximate surface area is 177 Å². The van der Waals surface area contributed by atoms with E-state index in [1.807, 2.05) is 30.6 Å². The van der Waals surface area contributed by atoms with Gasteiger partial charge >= 0.3 is 0 Å². The van der Waals surface area contributed by atoms with E-state index in [1.165, 1.54) is 17.0 Å². The summed E-state index contributed by atoms with van der Waals surface area (Å²) < 4.78 is 2.27. The van der Waals surface area contributed by atoms with E-state index in [1.54, 1.807) is 6.20 Å². The molecule has 0 amide bonds. The molecule has 0 aliphatic carbocycles. The number of thiocarbonyl (C=S) groups is 1. The zero-order valence-electron chi connectivity index (χ0n) is 17.3. The van der Waals surface area contributed by atoms with Crippen molar-refractivity contribution in [3.8, 4) is 5.69 Å². The number of nitrogens with zero attached hydrogens (tertiary/aromatic N) is 4. The van der Waals surface area contributed by atoms with Gasteiger partial charge in [-0.25, -0.2) is 0 Å². The molecule has 150 valence electrons. The number of pyridine rings is 2. The predicted octanol–water partition coefficient (Wildman–Crippen LogP) is 4.51. The molecule has 0 saturated carbocycles. The second kappa shape index (κ2) is 7.95. The largest absolute Gasteiger partial charge is 0.352 e. The summed E-state index contributed by atoms with van der Waals surface area (Å²) in [6, 6.07) is 12.5. The van der Waals surface area contributed by atoms with Gasteiger partial charge in [0.05, 0.1) is 29.7 Å². The molecule has 1 saturated heterocycles. The lowest BCUT2D eigenvalue weighted by atomic mass is 9.96. The molecular weight excluding hydrogens is 378 g/mol. The third-order valence-electron chi connectivity index (χ3n) is 5.45. The molecule has 1 aliphatic rings. The molecule has 1 N–H and O–H groups in total. The highest BCUT2D eigenvalue weighted by Gasteiger charge is 2.41. The molecule has 5 nitrogen and oxygen atoms in total. The maximum absolute atomic E-state index is 5.76. The minimum Gasteiger partial charge on any atom is -0.352 e. The van der Waals surface area contributed by atoms with Crippen molar-refractivity contribution in [2.75, 3.05) is 6.54 Å². The highest BCUT2D eigenvalue weighted by atomic mass is 32.1. The Morgan fingerprint density at radius 1 is 1.14 bits per heavy atom. The highest BCUT2D eigenvalue weighted by molar-refractivity contribution is 7.80. The normalized spacial score (nSPS) is 19.1. The van der Waals surface area contributed by atoms with Gasteiger partial charge in [0.2, 0.25) is 0 Å². The van der Waals surface area contributed by atoms with Crippen molar-refractivity contribution in [2.24, 2.45) is 5.92 Å². The Morgan fingerprint density at radius 2 is 1.97 bits per heavy atom. The number of hydrogen-bond donors (Lipinski definition) is 1. The second-order valence-electron chi connectivity index (χ2n) is 8.05. The van der Waals surface area contributed by atoms with Crippen LogP contribution in [0.15, 0.2) is 55.0 Å². The fraction of sp³-hybridized carbons (Fsp3) is 0.348. The van der Waals surface area contributed by atoms with Gasteiger partial charge in [-0.15, -0.1) is 0 Å². The Bertz CT molecular complexity index is 997.